The van der Waals surface area contributed by atoms with Crippen molar-refractivity contribution in [1.82, 2.24) is 36.6 Å². The zero-order valence-corrected chi connectivity index (χ0v) is 30.6. The number of hydrogen-bond acceptors (Lipinski definition) is 11. The number of carbonyl (C=O) groups excluding carboxylic acids is 5. The molecule has 0 aliphatic carbocycles. The third-order valence-corrected chi connectivity index (χ3v) is 8.10. The van der Waals surface area contributed by atoms with E-state index in [2.05, 4.69) is 41.5 Å². The number of H-pyrrole nitrogens is 1. The SMILES string of the molecule is CC[C@H](C)[C@H](NC(=O)[C@H](CC(C)C)NC(=O)[C@@H](NC(=O)[C@H](Cc1cnc[nH]1)NC(=O)[C@@H](N)CC(=O)O)[C@@H](C)O)C(=O)N[C@@H](CCCN=C(N)N)C(=O)O. The summed E-state index contributed by atoms with van der Waals surface area (Å²) in [5.74, 6) is -7.87. The highest BCUT2D eigenvalue weighted by atomic mass is 16.4. The fourth-order valence-electron chi connectivity index (χ4n) is 4.99. The summed E-state index contributed by atoms with van der Waals surface area (Å²) in [5.41, 5.74) is 16.7. The smallest absolute Gasteiger partial charge is 0.326 e. The predicted octanol–water partition coefficient (Wildman–Crippen LogP) is -3.21. The lowest BCUT2D eigenvalue weighted by Crippen LogP contribution is -2.62. The van der Waals surface area contributed by atoms with Crippen molar-refractivity contribution < 1.29 is 48.9 Å². The summed E-state index contributed by atoms with van der Waals surface area (Å²) in [6, 6.07) is -8.33. The number of aromatic amines is 1. The van der Waals surface area contributed by atoms with Crippen LogP contribution in [0.15, 0.2) is 17.5 Å². The first-order valence-corrected chi connectivity index (χ1v) is 17.2. The summed E-state index contributed by atoms with van der Waals surface area (Å²) in [5, 5.41) is 41.6. The van der Waals surface area contributed by atoms with E-state index in [1.54, 1.807) is 27.7 Å². The topological polar surface area (TPSA) is 359 Å². The number of aliphatic carboxylic acids is 2. The van der Waals surface area contributed by atoms with Crippen molar-refractivity contribution in [2.75, 3.05) is 6.54 Å². The number of aromatic nitrogens is 2. The van der Waals surface area contributed by atoms with Crippen LogP contribution >= 0.6 is 0 Å². The normalized spacial score (nSPS) is 15.6. The number of aliphatic hydroxyl groups excluding tert-OH is 1. The number of aliphatic hydroxyl groups is 1. The van der Waals surface area contributed by atoms with Gasteiger partial charge in [-0.05, 0) is 38.0 Å². The molecule has 1 rings (SSSR count). The summed E-state index contributed by atoms with van der Waals surface area (Å²) in [7, 11) is 0. The molecule has 15 N–H and O–H groups in total. The molecule has 0 radical (unpaired) electrons. The highest BCUT2D eigenvalue weighted by molar-refractivity contribution is 5.97. The molecule has 0 aliphatic rings. The fraction of sp³-hybridized carbons (Fsp3) is 0.656. The lowest BCUT2D eigenvalue weighted by atomic mass is 9.96. The Morgan fingerprint density at radius 3 is 1.91 bits per heavy atom. The molecule has 8 atom stereocenters. The van der Waals surface area contributed by atoms with Crippen LogP contribution in [0.4, 0.5) is 0 Å². The standard InChI is InChI=1S/C32H55N11O10/c1-6-16(4)24(29(50)39-20(31(52)53)8-7-9-37-32(34)35)42-27(48)21(10-15(2)3)41-30(51)25(17(5)44)43-28(49)22(11-18-13-36-14-38-18)40-26(47)19(33)12-23(45)46/h13-17,19-22,24-25,44H,6-12,33H2,1-5H3,(H,36,38)(H,39,50)(H,40,47)(H,41,51)(H,42,48)(H,43,49)(H,45,46)(H,52,53)(H4,34,35,37)/t16-,17+,19-,20-,21-,22-,24-,25-/m0/s1. The van der Waals surface area contributed by atoms with Gasteiger partial charge in [-0.3, -0.25) is 33.8 Å². The first kappa shape index (κ1) is 45.7. The number of nitrogens with zero attached hydrogens (tertiary/aromatic N) is 2. The van der Waals surface area contributed by atoms with Crippen molar-refractivity contribution in [2.45, 2.75) is 115 Å². The molecule has 5 amide bonds. The minimum atomic E-state index is -1.65. The Morgan fingerprint density at radius 2 is 1.40 bits per heavy atom. The maximum Gasteiger partial charge on any atom is 0.326 e. The number of imidazole rings is 1. The molecule has 0 saturated heterocycles. The summed E-state index contributed by atoms with van der Waals surface area (Å²) < 4.78 is 0. The Balaban J connectivity index is 3.22. The molecule has 53 heavy (non-hydrogen) atoms. The van der Waals surface area contributed by atoms with E-state index in [4.69, 9.17) is 22.3 Å². The summed E-state index contributed by atoms with van der Waals surface area (Å²) in [4.78, 5) is 100. The van der Waals surface area contributed by atoms with Crippen molar-refractivity contribution in [3.63, 3.8) is 0 Å². The van der Waals surface area contributed by atoms with Gasteiger partial charge in [0.25, 0.3) is 0 Å². The molecule has 0 fully saturated rings. The van der Waals surface area contributed by atoms with E-state index in [1.807, 2.05) is 0 Å². The highest BCUT2D eigenvalue weighted by Gasteiger charge is 2.36. The van der Waals surface area contributed by atoms with E-state index in [0.717, 1.165) is 0 Å². The summed E-state index contributed by atoms with van der Waals surface area (Å²) >= 11 is 0. The number of nitrogens with one attached hydrogen (secondary N) is 6. The van der Waals surface area contributed by atoms with Crippen LogP contribution in [0, 0.1) is 11.8 Å². The molecule has 1 aromatic rings. The molecule has 0 aliphatic heterocycles. The zero-order valence-electron chi connectivity index (χ0n) is 30.6. The molecule has 1 heterocycles. The Bertz CT molecular complexity index is 1420. The molecular weight excluding hydrogens is 698 g/mol. The second-order valence-electron chi connectivity index (χ2n) is 13.2. The number of rotatable bonds is 24. The number of amides is 5. The average Bonchev–Trinajstić information content (AvgIpc) is 3.58. The largest absolute Gasteiger partial charge is 0.481 e. The number of carboxylic acid groups (broad SMARTS) is 2. The van der Waals surface area contributed by atoms with Gasteiger partial charge in [-0.2, -0.15) is 0 Å². The van der Waals surface area contributed by atoms with Gasteiger partial charge >= 0.3 is 11.9 Å². The molecule has 0 unspecified atom stereocenters. The van der Waals surface area contributed by atoms with Crippen LogP contribution in [0.3, 0.4) is 0 Å². The van der Waals surface area contributed by atoms with Gasteiger partial charge < -0.3 is 64.1 Å². The lowest BCUT2D eigenvalue weighted by Gasteiger charge is -2.30. The van der Waals surface area contributed by atoms with Gasteiger partial charge in [0.1, 0.15) is 30.2 Å². The van der Waals surface area contributed by atoms with Gasteiger partial charge in [-0.15, -0.1) is 0 Å². The highest BCUT2D eigenvalue weighted by Crippen LogP contribution is 2.13. The average molecular weight is 754 g/mol. The predicted molar refractivity (Wildman–Crippen MR) is 190 cm³/mol. The third kappa shape index (κ3) is 16.7. The number of nitrogens with two attached hydrogens (primary N) is 3. The minimum absolute atomic E-state index is 0.000917. The molecular formula is C32H55N11O10. The van der Waals surface area contributed by atoms with Gasteiger partial charge in [0.15, 0.2) is 5.96 Å². The van der Waals surface area contributed by atoms with Crippen LogP contribution in [-0.2, 0) is 40.0 Å². The molecule has 0 saturated carbocycles. The number of hydrogen-bond donors (Lipinski definition) is 12. The van der Waals surface area contributed by atoms with Crippen molar-refractivity contribution in [2.24, 2.45) is 34.0 Å². The van der Waals surface area contributed by atoms with E-state index < -0.39 is 96.2 Å². The third-order valence-electron chi connectivity index (χ3n) is 8.10. The van der Waals surface area contributed by atoms with Gasteiger partial charge in [0.05, 0.1) is 24.9 Å². The second kappa shape index (κ2) is 22.6. The van der Waals surface area contributed by atoms with Gasteiger partial charge in [-0.1, -0.05) is 34.1 Å². The van der Waals surface area contributed by atoms with Gasteiger partial charge in [-0.25, -0.2) is 9.78 Å². The maximum atomic E-state index is 13.7. The molecule has 0 bridgehead atoms. The van der Waals surface area contributed by atoms with Crippen molar-refractivity contribution in [3.8, 4) is 0 Å². The van der Waals surface area contributed by atoms with Crippen LogP contribution in [0.2, 0.25) is 0 Å². The first-order valence-electron chi connectivity index (χ1n) is 17.2. The molecule has 298 valence electrons. The van der Waals surface area contributed by atoms with Crippen LogP contribution in [0.5, 0.6) is 0 Å². The second-order valence-corrected chi connectivity index (χ2v) is 13.2. The van der Waals surface area contributed by atoms with E-state index in [0.29, 0.717) is 12.1 Å². The quantitative estimate of drug-likeness (QED) is 0.0281. The molecule has 1 aromatic heterocycles. The number of aliphatic imine (C=N–C) groups is 1. The van der Waals surface area contributed by atoms with Crippen molar-refractivity contribution in [3.05, 3.63) is 18.2 Å². The van der Waals surface area contributed by atoms with Crippen LogP contribution in [0.1, 0.15) is 72.4 Å². The van der Waals surface area contributed by atoms with Crippen molar-refractivity contribution in [1.29, 1.82) is 0 Å². The summed E-state index contributed by atoms with van der Waals surface area (Å²) in [6.45, 7) is 8.35. The van der Waals surface area contributed by atoms with E-state index in [-0.39, 0.29) is 44.1 Å². The van der Waals surface area contributed by atoms with Crippen molar-refractivity contribution >= 4 is 47.4 Å². The molecule has 0 spiro atoms. The van der Waals surface area contributed by atoms with Crippen LogP contribution in [-0.4, -0.2) is 122 Å². The fourth-order valence-corrected chi connectivity index (χ4v) is 4.99. The first-order chi connectivity index (χ1) is 24.8. The Morgan fingerprint density at radius 1 is 0.830 bits per heavy atom. The number of carbonyl (C=O) groups is 7. The van der Waals surface area contributed by atoms with E-state index in [9.17, 15) is 43.8 Å². The Kier molecular flexibility index (Phi) is 19.5. The van der Waals surface area contributed by atoms with Gasteiger partial charge in [0.2, 0.25) is 29.5 Å². The Hall–Kier alpha value is -5.31. The summed E-state index contributed by atoms with van der Waals surface area (Å²) in [6.07, 6.45) is 1.01. The number of carboxylic acids is 2. The van der Waals surface area contributed by atoms with E-state index >= 15 is 0 Å². The monoisotopic (exact) mass is 753 g/mol. The lowest BCUT2D eigenvalue weighted by molar-refractivity contribution is -0.143. The molecule has 21 heteroatoms. The van der Waals surface area contributed by atoms with E-state index in [1.165, 1.54) is 19.4 Å². The minimum Gasteiger partial charge on any atom is -0.481 e. The van der Waals surface area contributed by atoms with Crippen LogP contribution in [0.25, 0.3) is 0 Å². The van der Waals surface area contributed by atoms with Crippen LogP contribution < -0.4 is 43.8 Å². The number of guanidine groups is 1. The Labute approximate surface area is 307 Å². The molecule has 21 nitrogen and oxygen atoms in total. The molecule has 0 aromatic carbocycles. The van der Waals surface area contributed by atoms with Gasteiger partial charge in [0, 0.05) is 24.9 Å². The zero-order chi connectivity index (χ0) is 40.4. The maximum absolute atomic E-state index is 13.7.